The third kappa shape index (κ3) is 6.43. The van der Waals surface area contributed by atoms with E-state index in [1.165, 1.54) is 23.5 Å². The average molecular weight is 446 g/mol. The molecule has 18 nitrogen and oxygen atoms in total. The maximum Gasteiger partial charge on any atom is 0.332 e. The molecule has 0 radical (unpaired) electrons. The summed E-state index contributed by atoms with van der Waals surface area (Å²) < 4.78 is 3.32. The molecule has 0 saturated carbocycles. The predicted octanol–water partition coefficient (Wildman–Crippen LogP) is -1.41. The number of carbonyl (C=O) groups excluding carboxylic acids is 2. The number of benzene rings is 1. The van der Waals surface area contributed by atoms with E-state index in [0.29, 0.717) is 16.2 Å². The zero-order valence-electron chi connectivity index (χ0n) is 16.0. The Hall–Kier alpha value is -5.16. The fourth-order valence-corrected chi connectivity index (χ4v) is 2.39. The molecule has 2 aromatic heterocycles. The van der Waals surface area contributed by atoms with Crippen molar-refractivity contribution in [1.82, 2.24) is 19.4 Å². The Bertz CT molecular complexity index is 1050. The van der Waals surface area contributed by atoms with Crippen LogP contribution in [0.5, 0.6) is 0 Å². The number of rotatable bonds is 10. The molecular formula is C14H14N12O6. The molecule has 2 heterocycles. The van der Waals surface area contributed by atoms with Crippen LogP contribution in [0.2, 0.25) is 0 Å². The lowest BCUT2D eigenvalue weighted by Crippen LogP contribution is -2.33. The smallest absolute Gasteiger partial charge is 0.332 e. The molecule has 3 rings (SSSR count). The minimum atomic E-state index is -0.921. The van der Waals surface area contributed by atoms with Gasteiger partial charge in [-0.05, 0) is 28.9 Å². The summed E-state index contributed by atoms with van der Waals surface area (Å²) >= 11 is 0. The highest BCUT2D eigenvalue weighted by Gasteiger charge is 2.14. The van der Waals surface area contributed by atoms with E-state index >= 15 is 0 Å². The van der Waals surface area contributed by atoms with Gasteiger partial charge in [-0.15, -0.1) is 9.82 Å². The molecule has 0 saturated heterocycles. The van der Waals surface area contributed by atoms with Gasteiger partial charge < -0.3 is 30.9 Å². The summed E-state index contributed by atoms with van der Waals surface area (Å²) in [7, 11) is 0. The molecule has 0 aliphatic heterocycles. The van der Waals surface area contributed by atoms with Gasteiger partial charge in [0, 0.05) is 21.9 Å². The maximum atomic E-state index is 12.1. The molecule has 0 fully saturated rings. The first-order valence-electron chi connectivity index (χ1n) is 8.57. The van der Waals surface area contributed by atoms with Crippen LogP contribution in [0.3, 0.4) is 0 Å². The fraction of sp³-hybridized carbons (Fsp3) is 0.143. The summed E-state index contributed by atoms with van der Waals surface area (Å²) in [5, 5.41) is 31.4. The van der Waals surface area contributed by atoms with Crippen LogP contribution in [-0.4, -0.2) is 41.3 Å². The van der Waals surface area contributed by atoms with Gasteiger partial charge in [-0.1, -0.05) is 0 Å². The minimum Gasteiger partial charge on any atom is -0.373 e. The molecule has 0 atom stereocenters. The van der Waals surface area contributed by atoms with Gasteiger partial charge in [0.05, 0.1) is 0 Å². The zero-order valence-corrected chi connectivity index (χ0v) is 16.0. The molecule has 166 valence electrons. The highest BCUT2D eigenvalue weighted by molar-refractivity contribution is 5.92. The highest BCUT2D eigenvalue weighted by atomic mass is 16.7. The van der Waals surface area contributed by atoms with Crippen molar-refractivity contribution in [3.05, 3.63) is 80.9 Å². The Balaban J connectivity index is 1.47. The second-order valence-electron chi connectivity index (χ2n) is 5.99. The summed E-state index contributed by atoms with van der Waals surface area (Å²) in [5.74, 6) is -0.855. The Kier molecular flexibility index (Phi) is 6.44. The van der Waals surface area contributed by atoms with Crippen LogP contribution in [-0.2, 0) is 22.7 Å². The van der Waals surface area contributed by atoms with Crippen LogP contribution in [0.15, 0.2) is 49.6 Å². The molecule has 2 N–H and O–H groups in total. The lowest BCUT2D eigenvalue weighted by molar-refractivity contribution is -0.778. The van der Waals surface area contributed by atoms with Gasteiger partial charge in [-0.25, -0.2) is 4.68 Å². The molecule has 1 aromatic carbocycles. The number of nitro groups is 2. The Morgan fingerprint density at radius 1 is 0.969 bits per heavy atom. The molecule has 32 heavy (non-hydrogen) atoms. The molecule has 0 bridgehead atoms. The molecule has 0 aliphatic rings. The van der Waals surface area contributed by atoms with Crippen LogP contribution in [0, 0.1) is 20.2 Å². The van der Waals surface area contributed by atoms with Crippen molar-refractivity contribution in [3.63, 3.8) is 0 Å². The first-order valence-corrected chi connectivity index (χ1v) is 8.57. The van der Waals surface area contributed by atoms with Crippen LogP contribution in [0.4, 0.5) is 11.4 Å². The second-order valence-corrected chi connectivity index (χ2v) is 5.99. The van der Waals surface area contributed by atoms with Gasteiger partial charge in [0.15, 0.2) is 6.54 Å². The van der Waals surface area contributed by atoms with Crippen molar-refractivity contribution in [1.29, 1.82) is 0 Å². The standard InChI is InChI=1S/C14H14N12O6/c27-13(5-21-7-16-24(9-21)20-26(31)32)17-11-1-3-12(4-2-11)18-14(28)6-22-10-23(8-15-22)19-25(29)30/h1-4,7-10H,5-6H2,(H,17,27)(H,18,28). The topological polar surface area (TPSA) is 216 Å². The van der Waals surface area contributed by atoms with E-state index in [1.807, 2.05) is 0 Å². The van der Waals surface area contributed by atoms with Crippen molar-refractivity contribution >= 4 is 23.2 Å². The van der Waals surface area contributed by atoms with E-state index in [0.717, 1.165) is 15.7 Å². The van der Waals surface area contributed by atoms with Crippen molar-refractivity contribution in [2.24, 2.45) is 0 Å². The lowest BCUT2D eigenvalue weighted by Gasteiger charge is -2.07. The fourth-order valence-electron chi connectivity index (χ4n) is 2.39. The predicted molar refractivity (Wildman–Crippen MR) is 100 cm³/mol. The Morgan fingerprint density at radius 3 is 2.16 bits per heavy atom. The molecule has 0 aliphatic carbocycles. The van der Waals surface area contributed by atoms with Gasteiger partial charge in [0.2, 0.25) is 6.54 Å². The van der Waals surface area contributed by atoms with Gasteiger partial charge >= 0.3 is 12.7 Å². The summed E-state index contributed by atoms with van der Waals surface area (Å²) in [5.41, 5.74) is 6.84. The SMILES string of the molecule is O=C(Cn1cn[n+]([N-][N+](=O)[O-])c1)Nc1ccc(NC(=O)Cn2c[n+]([N-][N+](=O)[O-])cn2)cc1. The van der Waals surface area contributed by atoms with E-state index in [4.69, 9.17) is 0 Å². The summed E-state index contributed by atoms with van der Waals surface area (Å²) in [6.45, 7) is -0.356. The second kappa shape index (κ2) is 9.56. The third-order valence-corrected chi connectivity index (χ3v) is 3.56. The van der Waals surface area contributed by atoms with Crippen molar-refractivity contribution in [3.8, 4) is 0 Å². The average Bonchev–Trinajstić information content (AvgIpc) is 3.31. The normalized spacial score (nSPS) is 10.2. The highest BCUT2D eigenvalue weighted by Crippen LogP contribution is 2.13. The number of hydrogen-bond acceptors (Lipinski definition) is 8. The van der Waals surface area contributed by atoms with Crippen molar-refractivity contribution in [2.75, 3.05) is 10.6 Å². The number of anilines is 2. The van der Waals surface area contributed by atoms with E-state index in [9.17, 15) is 29.8 Å². The van der Waals surface area contributed by atoms with Gasteiger partial charge in [-0.3, -0.25) is 15.1 Å². The number of amides is 2. The number of nitrogens with zero attached hydrogens (tertiary/aromatic N) is 10. The Morgan fingerprint density at radius 2 is 1.56 bits per heavy atom. The van der Waals surface area contributed by atoms with E-state index < -0.39 is 21.9 Å². The molecule has 18 heteroatoms. The molecule has 0 unspecified atom stereocenters. The van der Waals surface area contributed by atoms with Crippen molar-refractivity contribution in [2.45, 2.75) is 13.1 Å². The number of nitrogens with one attached hydrogen (secondary N) is 2. The van der Waals surface area contributed by atoms with E-state index in [1.54, 1.807) is 24.3 Å². The van der Waals surface area contributed by atoms with Gasteiger partial charge in [-0.2, -0.15) is 9.67 Å². The minimum absolute atomic E-state index is 0.154. The van der Waals surface area contributed by atoms with Crippen LogP contribution < -0.4 is 20.1 Å². The zero-order chi connectivity index (χ0) is 23.1. The van der Waals surface area contributed by atoms with Gasteiger partial charge in [0.25, 0.3) is 18.1 Å². The van der Waals surface area contributed by atoms with Crippen LogP contribution in [0.25, 0.3) is 11.1 Å². The molecular weight excluding hydrogens is 432 g/mol. The van der Waals surface area contributed by atoms with E-state index in [-0.39, 0.29) is 13.1 Å². The van der Waals surface area contributed by atoms with Gasteiger partial charge in [0.1, 0.15) is 11.4 Å². The first-order chi connectivity index (χ1) is 15.3. The monoisotopic (exact) mass is 446 g/mol. The molecule has 0 spiro atoms. The maximum absolute atomic E-state index is 12.1. The largest absolute Gasteiger partial charge is 0.373 e. The summed E-state index contributed by atoms with van der Waals surface area (Å²) in [6, 6.07) is 6.23. The summed E-state index contributed by atoms with van der Waals surface area (Å²) in [6.07, 6.45) is 4.63. The molecule has 2 amide bonds. The number of hydrogen-bond donors (Lipinski definition) is 2. The number of aromatic nitrogens is 6. The van der Waals surface area contributed by atoms with Crippen molar-refractivity contribution < 1.29 is 29.1 Å². The Labute approximate surface area is 177 Å². The van der Waals surface area contributed by atoms with Crippen LogP contribution >= 0.6 is 0 Å². The summed E-state index contributed by atoms with van der Waals surface area (Å²) in [4.78, 5) is 45.5. The first kappa shape index (κ1) is 21.5. The van der Waals surface area contributed by atoms with E-state index in [2.05, 4.69) is 31.9 Å². The van der Waals surface area contributed by atoms with Crippen LogP contribution in [0.1, 0.15) is 0 Å². The quantitative estimate of drug-likeness (QED) is 0.214. The molecule has 3 aromatic rings. The lowest BCUT2D eigenvalue weighted by atomic mass is 10.2. The number of carbonyl (C=O) groups is 2. The third-order valence-electron chi connectivity index (χ3n) is 3.56.